The summed E-state index contributed by atoms with van der Waals surface area (Å²) in [6.07, 6.45) is 5.74. The van der Waals surface area contributed by atoms with Crippen molar-refractivity contribution in [1.82, 2.24) is 19.4 Å². The molecule has 3 rings (SSSR count). The van der Waals surface area contributed by atoms with Gasteiger partial charge in [0.1, 0.15) is 5.82 Å². The van der Waals surface area contributed by atoms with E-state index in [4.69, 9.17) is 0 Å². The van der Waals surface area contributed by atoms with Gasteiger partial charge in [0.15, 0.2) is 0 Å². The SMILES string of the molecule is CSc1ccc2cc(CN(C)Cc3nccn3C)c(=O)[nH]c2c1. The van der Waals surface area contributed by atoms with E-state index in [1.54, 1.807) is 18.0 Å². The Morgan fingerprint density at radius 1 is 1.30 bits per heavy atom. The average molecular weight is 328 g/mol. The molecule has 0 aliphatic rings. The van der Waals surface area contributed by atoms with Gasteiger partial charge in [0.25, 0.3) is 5.56 Å². The number of hydrogen-bond donors (Lipinski definition) is 1. The maximum Gasteiger partial charge on any atom is 0.252 e. The fourth-order valence-electron chi connectivity index (χ4n) is 2.61. The van der Waals surface area contributed by atoms with Crippen molar-refractivity contribution in [3.05, 3.63) is 58.4 Å². The summed E-state index contributed by atoms with van der Waals surface area (Å²) in [6.45, 7) is 1.29. The van der Waals surface area contributed by atoms with E-state index in [-0.39, 0.29) is 5.56 Å². The Bertz CT molecular complexity index is 884. The van der Waals surface area contributed by atoms with Crippen LogP contribution < -0.4 is 5.56 Å². The van der Waals surface area contributed by atoms with Gasteiger partial charge in [0.05, 0.1) is 6.54 Å². The number of aromatic nitrogens is 3. The van der Waals surface area contributed by atoms with Crippen LogP contribution in [0.25, 0.3) is 10.9 Å². The van der Waals surface area contributed by atoms with Crippen LogP contribution in [0.5, 0.6) is 0 Å². The van der Waals surface area contributed by atoms with Crippen molar-refractivity contribution in [2.75, 3.05) is 13.3 Å². The zero-order chi connectivity index (χ0) is 16.4. The Balaban J connectivity index is 1.83. The minimum atomic E-state index is -0.0255. The minimum absolute atomic E-state index is 0.0255. The summed E-state index contributed by atoms with van der Waals surface area (Å²) < 4.78 is 1.99. The third kappa shape index (κ3) is 3.48. The number of hydrogen-bond acceptors (Lipinski definition) is 4. The molecule has 0 amide bonds. The number of H-pyrrole nitrogens is 1. The number of rotatable bonds is 5. The quantitative estimate of drug-likeness (QED) is 0.732. The highest BCUT2D eigenvalue weighted by Crippen LogP contribution is 2.20. The molecular weight excluding hydrogens is 308 g/mol. The molecule has 0 spiro atoms. The van der Waals surface area contributed by atoms with Crippen LogP contribution in [0.15, 0.2) is 46.3 Å². The number of benzene rings is 1. The van der Waals surface area contributed by atoms with Crippen molar-refractivity contribution in [3.8, 4) is 0 Å². The lowest BCUT2D eigenvalue weighted by atomic mass is 10.1. The molecule has 23 heavy (non-hydrogen) atoms. The fraction of sp³-hybridized carbons (Fsp3) is 0.294. The number of fused-ring (bicyclic) bond motifs is 1. The number of imidazole rings is 1. The summed E-state index contributed by atoms with van der Waals surface area (Å²) in [4.78, 5) is 22.9. The summed E-state index contributed by atoms with van der Waals surface area (Å²) in [6, 6.07) is 8.13. The lowest BCUT2D eigenvalue weighted by Crippen LogP contribution is -2.24. The topological polar surface area (TPSA) is 53.9 Å². The number of pyridine rings is 1. The molecule has 0 saturated carbocycles. The van der Waals surface area contributed by atoms with Gasteiger partial charge >= 0.3 is 0 Å². The van der Waals surface area contributed by atoms with Gasteiger partial charge in [0.2, 0.25) is 0 Å². The number of nitrogens with zero attached hydrogens (tertiary/aromatic N) is 3. The second-order valence-corrected chi connectivity index (χ2v) is 6.58. The molecule has 2 aromatic heterocycles. The van der Waals surface area contributed by atoms with Gasteiger partial charge in [-0.2, -0.15) is 0 Å². The second kappa shape index (κ2) is 6.60. The summed E-state index contributed by atoms with van der Waals surface area (Å²) in [5, 5.41) is 1.06. The molecule has 5 nitrogen and oxygen atoms in total. The number of aryl methyl sites for hydroxylation is 1. The Kier molecular flexibility index (Phi) is 4.54. The Labute approximate surface area is 139 Å². The molecule has 2 heterocycles. The second-order valence-electron chi connectivity index (χ2n) is 5.70. The van der Waals surface area contributed by atoms with Crippen LogP contribution in [0.1, 0.15) is 11.4 Å². The van der Waals surface area contributed by atoms with Crippen molar-refractivity contribution in [2.45, 2.75) is 18.0 Å². The number of thioether (sulfide) groups is 1. The van der Waals surface area contributed by atoms with Gasteiger partial charge < -0.3 is 9.55 Å². The molecule has 1 N–H and O–H groups in total. The summed E-state index contributed by atoms with van der Waals surface area (Å²) in [5.41, 5.74) is 1.63. The Hall–Kier alpha value is -2.05. The lowest BCUT2D eigenvalue weighted by molar-refractivity contribution is 0.306. The number of nitrogens with one attached hydrogen (secondary N) is 1. The molecule has 0 saturated heterocycles. The van der Waals surface area contributed by atoms with Crippen molar-refractivity contribution < 1.29 is 0 Å². The zero-order valence-corrected chi connectivity index (χ0v) is 14.4. The van der Waals surface area contributed by atoms with Gasteiger partial charge in [-0.15, -0.1) is 11.8 Å². The normalized spacial score (nSPS) is 11.5. The maximum absolute atomic E-state index is 12.3. The maximum atomic E-state index is 12.3. The van der Waals surface area contributed by atoms with Crippen LogP contribution >= 0.6 is 11.8 Å². The van der Waals surface area contributed by atoms with E-state index >= 15 is 0 Å². The van der Waals surface area contributed by atoms with E-state index in [0.29, 0.717) is 13.1 Å². The molecule has 120 valence electrons. The molecule has 0 radical (unpaired) electrons. The summed E-state index contributed by atoms with van der Waals surface area (Å²) in [5.74, 6) is 0.981. The molecule has 0 aliphatic carbocycles. The standard InChI is InChI=1S/C17H20N4OS/c1-20(11-16-18-6-7-21(16)2)10-13-8-12-4-5-14(23-3)9-15(12)19-17(13)22/h4-9H,10-11H2,1-3H3,(H,19,22). The van der Waals surface area contributed by atoms with Crippen molar-refractivity contribution in [2.24, 2.45) is 7.05 Å². The Morgan fingerprint density at radius 2 is 2.13 bits per heavy atom. The molecule has 0 unspecified atom stereocenters. The molecule has 0 aliphatic heterocycles. The van der Waals surface area contributed by atoms with E-state index in [1.807, 2.05) is 43.2 Å². The van der Waals surface area contributed by atoms with Gasteiger partial charge in [-0.3, -0.25) is 9.69 Å². The van der Waals surface area contributed by atoms with Crippen molar-refractivity contribution in [3.63, 3.8) is 0 Å². The lowest BCUT2D eigenvalue weighted by Gasteiger charge is -2.16. The largest absolute Gasteiger partial charge is 0.337 e. The molecule has 0 bridgehead atoms. The average Bonchev–Trinajstić information content (AvgIpc) is 2.92. The van der Waals surface area contributed by atoms with E-state index < -0.39 is 0 Å². The van der Waals surface area contributed by atoms with Crippen LogP contribution in [-0.4, -0.2) is 32.7 Å². The van der Waals surface area contributed by atoms with Gasteiger partial charge in [-0.05, 0) is 36.9 Å². The van der Waals surface area contributed by atoms with Crippen LogP contribution in [0.4, 0.5) is 0 Å². The predicted octanol–water partition coefficient (Wildman–Crippen LogP) is 2.62. The van der Waals surface area contributed by atoms with Gasteiger partial charge in [0, 0.05) is 42.0 Å². The molecule has 6 heteroatoms. The van der Waals surface area contributed by atoms with Crippen LogP contribution in [-0.2, 0) is 20.1 Å². The van der Waals surface area contributed by atoms with Crippen molar-refractivity contribution >= 4 is 22.7 Å². The molecule has 3 aromatic rings. The summed E-state index contributed by atoms with van der Waals surface area (Å²) in [7, 11) is 3.97. The summed E-state index contributed by atoms with van der Waals surface area (Å²) >= 11 is 1.67. The highest BCUT2D eigenvalue weighted by atomic mass is 32.2. The smallest absolute Gasteiger partial charge is 0.252 e. The molecular formula is C17H20N4OS. The van der Waals surface area contributed by atoms with Gasteiger partial charge in [-0.25, -0.2) is 4.98 Å². The third-order valence-corrected chi connectivity index (χ3v) is 4.63. The first-order valence-corrected chi connectivity index (χ1v) is 8.64. The zero-order valence-electron chi connectivity index (χ0n) is 13.5. The van der Waals surface area contributed by atoms with Crippen molar-refractivity contribution in [1.29, 1.82) is 0 Å². The minimum Gasteiger partial charge on any atom is -0.337 e. The number of aromatic amines is 1. The van der Waals surface area contributed by atoms with E-state index in [2.05, 4.69) is 27.0 Å². The molecule has 0 fully saturated rings. The van der Waals surface area contributed by atoms with Crippen LogP contribution in [0.2, 0.25) is 0 Å². The first kappa shape index (κ1) is 15.8. The van der Waals surface area contributed by atoms with Gasteiger partial charge in [-0.1, -0.05) is 6.07 Å². The van der Waals surface area contributed by atoms with Crippen LogP contribution in [0, 0.1) is 0 Å². The highest BCUT2D eigenvalue weighted by molar-refractivity contribution is 7.98. The Morgan fingerprint density at radius 3 is 2.83 bits per heavy atom. The van der Waals surface area contributed by atoms with E-state index in [1.165, 1.54) is 0 Å². The van der Waals surface area contributed by atoms with Crippen LogP contribution in [0.3, 0.4) is 0 Å². The highest BCUT2D eigenvalue weighted by Gasteiger charge is 2.09. The predicted molar refractivity (Wildman–Crippen MR) is 94.7 cm³/mol. The van der Waals surface area contributed by atoms with E-state index in [0.717, 1.165) is 27.2 Å². The first-order valence-electron chi connectivity index (χ1n) is 7.41. The van der Waals surface area contributed by atoms with E-state index in [9.17, 15) is 4.79 Å². The monoisotopic (exact) mass is 328 g/mol. The molecule has 1 aromatic carbocycles. The molecule has 0 atom stereocenters. The first-order chi connectivity index (χ1) is 11.1. The fourth-order valence-corrected chi connectivity index (χ4v) is 3.05. The third-order valence-electron chi connectivity index (χ3n) is 3.90.